The summed E-state index contributed by atoms with van der Waals surface area (Å²) in [6.07, 6.45) is 0.548. The Morgan fingerprint density at radius 3 is 2.75 bits per heavy atom. The summed E-state index contributed by atoms with van der Waals surface area (Å²) in [7, 11) is 1.64. The molecule has 1 aromatic rings. The van der Waals surface area contributed by atoms with Gasteiger partial charge in [0, 0.05) is 19.5 Å². The predicted octanol–water partition coefficient (Wildman–Crippen LogP) is 0.846. The molecule has 1 aliphatic rings. The monoisotopic (exact) mass is 220 g/mol. The Bertz CT molecular complexity index is 362. The smallest absolute Gasteiger partial charge is 0.221 e. The van der Waals surface area contributed by atoms with Crippen LogP contribution < -0.4 is 15.4 Å². The van der Waals surface area contributed by atoms with Crippen molar-refractivity contribution >= 4 is 5.91 Å². The largest absolute Gasteiger partial charge is 0.497 e. The standard InChI is InChI=1S/C12H16N2O2/c1-16-10-4-2-9(3-5-10)11-8-13-7-6-12(15)14-11/h2-5,11,13H,6-8H2,1H3,(H,14,15). The SMILES string of the molecule is COc1ccc(C2CNCCC(=O)N2)cc1. The third-order valence-electron chi connectivity index (χ3n) is 2.73. The van der Waals surface area contributed by atoms with Crippen LogP contribution in [0.1, 0.15) is 18.0 Å². The summed E-state index contributed by atoms with van der Waals surface area (Å²) in [6, 6.07) is 7.84. The van der Waals surface area contributed by atoms with Gasteiger partial charge in [-0.2, -0.15) is 0 Å². The molecule has 0 radical (unpaired) electrons. The maximum Gasteiger partial charge on any atom is 0.221 e. The molecule has 1 aliphatic heterocycles. The van der Waals surface area contributed by atoms with Crippen molar-refractivity contribution in [3.8, 4) is 5.75 Å². The fraction of sp³-hybridized carbons (Fsp3) is 0.417. The molecule has 2 rings (SSSR count). The van der Waals surface area contributed by atoms with Crippen molar-refractivity contribution in [1.29, 1.82) is 0 Å². The van der Waals surface area contributed by atoms with Crippen LogP contribution in [0, 0.1) is 0 Å². The summed E-state index contributed by atoms with van der Waals surface area (Å²) in [5, 5.41) is 6.23. The van der Waals surface area contributed by atoms with Gasteiger partial charge < -0.3 is 15.4 Å². The minimum Gasteiger partial charge on any atom is -0.497 e. The van der Waals surface area contributed by atoms with Gasteiger partial charge in [0.05, 0.1) is 13.2 Å². The van der Waals surface area contributed by atoms with Crippen molar-refractivity contribution in [2.24, 2.45) is 0 Å². The zero-order valence-corrected chi connectivity index (χ0v) is 9.32. The van der Waals surface area contributed by atoms with Crippen LogP contribution in [0.2, 0.25) is 0 Å². The Labute approximate surface area is 95.0 Å². The van der Waals surface area contributed by atoms with Gasteiger partial charge in [0.1, 0.15) is 5.75 Å². The molecule has 2 N–H and O–H groups in total. The fourth-order valence-electron chi connectivity index (χ4n) is 1.80. The number of carbonyl (C=O) groups is 1. The third kappa shape index (κ3) is 2.52. The van der Waals surface area contributed by atoms with Crippen LogP contribution in [0.15, 0.2) is 24.3 Å². The number of carbonyl (C=O) groups excluding carboxylic acids is 1. The summed E-state index contributed by atoms with van der Waals surface area (Å²) in [4.78, 5) is 11.4. The minimum atomic E-state index is 0.0564. The summed E-state index contributed by atoms with van der Waals surface area (Å²) in [5.74, 6) is 0.933. The highest BCUT2D eigenvalue weighted by molar-refractivity contribution is 5.77. The van der Waals surface area contributed by atoms with Gasteiger partial charge in [-0.05, 0) is 17.7 Å². The molecule has 0 saturated carbocycles. The van der Waals surface area contributed by atoms with E-state index in [1.165, 1.54) is 0 Å². The molecule has 1 saturated heterocycles. The van der Waals surface area contributed by atoms with Gasteiger partial charge in [0.25, 0.3) is 0 Å². The Hall–Kier alpha value is -1.55. The third-order valence-corrected chi connectivity index (χ3v) is 2.73. The van der Waals surface area contributed by atoms with Crippen LogP contribution in [-0.2, 0) is 4.79 Å². The van der Waals surface area contributed by atoms with Crippen molar-refractivity contribution < 1.29 is 9.53 Å². The van der Waals surface area contributed by atoms with Crippen LogP contribution >= 0.6 is 0 Å². The first-order valence-electron chi connectivity index (χ1n) is 5.43. The van der Waals surface area contributed by atoms with Crippen LogP contribution in [-0.4, -0.2) is 26.1 Å². The first kappa shape index (κ1) is 11.0. The molecule has 0 bridgehead atoms. The second-order valence-electron chi connectivity index (χ2n) is 3.85. The Balaban J connectivity index is 2.12. The number of nitrogens with one attached hydrogen (secondary N) is 2. The van der Waals surface area contributed by atoms with E-state index in [0.717, 1.165) is 24.4 Å². The molecule has 1 unspecified atom stereocenters. The van der Waals surface area contributed by atoms with Crippen molar-refractivity contribution in [2.75, 3.05) is 20.2 Å². The average Bonchev–Trinajstić information content (AvgIpc) is 2.54. The normalized spacial score (nSPS) is 21.1. The van der Waals surface area contributed by atoms with E-state index in [9.17, 15) is 4.79 Å². The highest BCUT2D eigenvalue weighted by Crippen LogP contribution is 2.18. The lowest BCUT2D eigenvalue weighted by Gasteiger charge is -2.16. The molecule has 1 aromatic carbocycles. The maximum absolute atomic E-state index is 11.4. The van der Waals surface area contributed by atoms with Crippen LogP contribution in [0.25, 0.3) is 0 Å². The van der Waals surface area contributed by atoms with Crippen LogP contribution in [0.4, 0.5) is 0 Å². The lowest BCUT2D eigenvalue weighted by molar-refractivity contribution is -0.121. The molecule has 16 heavy (non-hydrogen) atoms. The molecule has 0 aromatic heterocycles. The van der Waals surface area contributed by atoms with E-state index in [4.69, 9.17) is 4.74 Å². The molecule has 4 nitrogen and oxygen atoms in total. The van der Waals surface area contributed by atoms with Crippen LogP contribution in [0.5, 0.6) is 5.75 Å². The molecule has 1 fully saturated rings. The molecule has 0 spiro atoms. The van der Waals surface area contributed by atoms with Crippen molar-refractivity contribution in [3.63, 3.8) is 0 Å². The van der Waals surface area contributed by atoms with Gasteiger partial charge in [0.15, 0.2) is 0 Å². The van der Waals surface area contributed by atoms with Gasteiger partial charge in [-0.15, -0.1) is 0 Å². The topological polar surface area (TPSA) is 50.4 Å². The quantitative estimate of drug-likeness (QED) is 0.776. The van der Waals surface area contributed by atoms with E-state index in [0.29, 0.717) is 6.42 Å². The Morgan fingerprint density at radius 2 is 2.06 bits per heavy atom. The molecular weight excluding hydrogens is 204 g/mol. The lowest BCUT2D eigenvalue weighted by Crippen LogP contribution is -2.30. The number of amides is 1. The summed E-state index contributed by atoms with van der Waals surface area (Å²) < 4.78 is 5.10. The number of rotatable bonds is 2. The number of hydrogen-bond acceptors (Lipinski definition) is 3. The lowest BCUT2D eigenvalue weighted by atomic mass is 10.1. The van der Waals surface area contributed by atoms with Gasteiger partial charge in [0.2, 0.25) is 5.91 Å². The van der Waals surface area contributed by atoms with Gasteiger partial charge >= 0.3 is 0 Å². The van der Waals surface area contributed by atoms with E-state index < -0.39 is 0 Å². The molecule has 1 amide bonds. The second-order valence-corrected chi connectivity index (χ2v) is 3.85. The molecule has 4 heteroatoms. The molecule has 1 atom stereocenters. The van der Waals surface area contributed by atoms with E-state index in [1.54, 1.807) is 7.11 Å². The van der Waals surface area contributed by atoms with Crippen molar-refractivity contribution in [2.45, 2.75) is 12.5 Å². The van der Waals surface area contributed by atoms with Crippen molar-refractivity contribution in [1.82, 2.24) is 10.6 Å². The van der Waals surface area contributed by atoms with E-state index in [1.807, 2.05) is 24.3 Å². The number of ether oxygens (including phenoxy) is 1. The van der Waals surface area contributed by atoms with Gasteiger partial charge in [-0.3, -0.25) is 4.79 Å². The predicted molar refractivity (Wildman–Crippen MR) is 61.4 cm³/mol. The van der Waals surface area contributed by atoms with E-state index in [2.05, 4.69) is 10.6 Å². The van der Waals surface area contributed by atoms with Gasteiger partial charge in [-0.1, -0.05) is 12.1 Å². The van der Waals surface area contributed by atoms with Gasteiger partial charge in [-0.25, -0.2) is 0 Å². The minimum absolute atomic E-state index is 0.0564. The van der Waals surface area contributed by atoms with Crippen LogP contribution in [0.3, 0.4) is 0 Å². The second kappa shape index (κ2) is 4.99. The number of methoxy groups -OCH3 is 1. The molecule has 0 aliphatic carbocycles. The molecular formula is C12H16N2O2. The first-order valence-corrected chi connectivity index (χ1v) is 5.43. The molecule has 86 valence electrons. The fourth-order valence-corrected chi connectivity index (χ4v) is 1.80. The maximum atomic E-state index is 11.4. The number of hydrogen-bond donors (Lipinski definition) is 2. The molecule has 1 heterocycles. The summed E-state index contributed by atoms with van der Waals surface area (Å²) in [5.41, 5.74) is 1.10. The summed E-state index contributed by atoms with van der Waals surface area (Å²) in [6.45, 7) is 1.52. The van der Waals surface area contributed by atoms with E-state index >= 15 is 0 Å². The Kier molecular flexibility index (Phi) is 3.41. The highest BCUT2D eigenvalue weighted by atomic mass is 16.5. The van der Waals surface area contributed by atoms with E-state index in [-0.39, 0.29) is 11.9 Å². The zero-order chi connectivity index (χ0) is 11.4. The van der Waals surface area contributed by atoms with Crippen molar-refractivity contribution in [3.05, 3.63) is 29.8 Å². The number of benzene rings is 1. The Morgan fingerprint density at radius 1 is 1.31 bits per heavy atom. The average molecular weight is 220 g/mol. The first-order chi connectivity index (χ1) is 7.79. The zero-order valence-electron chi connectivity index (χ0n) is 9.32. The summed E-state index contributed by atoms with van der Waals surface area (Å²) >= 11 is 0. The highest BCUT2D eigenvalue weighted by Gasteiger charge is 2.17.